The van der Waals surface area contributed by atoms with Gasteiger partial charge in [-0.05, 0) is 50.8 Å². The first-order chi connectivity index (χ1) is 20.8. The molecule has 0 radical (unpaired) electrons. The molecule has 44 heavy (non-hydrogen) atoms. The van der Waals surface area contributed by atoms with E-state index in [0.717, 1.165) is 44.2 Å². The average Bonchev–Trinajstić information content (AvgIpc) is 3.60. The van der Waals surface area contributed by atoms with Gasteiger partial charge in [0.25, 0.3) is 5.91 Å². The third kappa shape index (κ3) is 7.70. The number of methoxy groups -OCH3 is 2. The lowest BCUT2D eigenvalue weighted by Gasteiger charge is -2.56. The van der Waals surface area contributed by atoms with Crippen molar-refractivity contribution in [3.8, 4) is 0 Å². The number of hydrogen-bond acceptors (Lipinski definition) is 8. The molecule has 2 amide bonds. The number of nitrogens with one attached hydrogen (secondary N) is 1. The topological polar surface area (TPSA) is 134 Å². The number of nitrogens with zero attached hydrogens (tertiary/aromatic N) is 2. The molecule has 1 saturated heterocycles. The van der Waals surface area contributed by atoms with E-state index in [9.17, 15) is 19.5 Å². The molecule has 1 fully saturated rings. The molecular formula is C34H58N4O6. The molecule has 2 rings (SSSR count). The van der Waals surface area contributed by atoms with Crippen molar-refractivity contribution >= 4 is 18.1 Å². The number of benzene rings is 1. The van der Waals surface area contributed by atoms with Gasteiger partial charge in [0.05, 0.1) is 24.2 Å². The molecule has 9 atom stereocenters. The fourth-order valence-electron chi connectivity index (χ4n) is 7.48. The molecule has 8 unspecified atom stereocenters. The maximum Gasteiger partial charge on any atom is 0.267 e. The SMILES string of the molecule is CCC(C)C(CC(C)[C@@](N)(OC)C(=O)NC)(C(CC=O)C(OC)C(C)C(=O)N(C)C(C)C(O)c1ccccc1)N1CCCC1. The minimum atomic E-state index is -1.59. The van der Waals surface area contributed by atoms with E-state index in [1.807, 2.05) is 51.1 Å². The third-order valence-electron chi connectivity index (χ3n) is 10.5. The van der Waals surface area contributed by atoms with Crippen LogP contribution in [0.2, 0.25) is 0 Å². The highest BCUT2D eigenvalue weighted by molar-refractivity contribution is 5.84. The highest BCUT2D eigenvalue weighted by atomic mass is 16.5. The summed E-state index contributed by atoms with van der Waals surface area (Å²) in [4.78, 5) is 43.6. The summed E-state index contributed by atoms with van der Waals surface area (Å²) in [6.07, 6.45) is 2.87. The number of hydrogen-bond donors (Lipinski definition) is 3. The van der Waals surface area contributed by atoms with Gasteiger partial charge in [0.1, 0.15) is 6.29 Å². The van der Waals surface area contributed by atoms with Crippen LogP contribution < -0.4 is 11.1 Å². The first kappa shape index (κ1) is 37.8. The van der Waals surface area contributed by atoms with Crippen LogP contribution >= 0.6 is 0 Å². The van der Waals surface area contributed by atoms with Gasteiger partial charge in [0.15, 0.2) is 5.72 Å². The van der Waals surface area contributed by atoms with Crippen LogP contribution in [-0.4, -0.2) is 97.8 Å². The Bertz CT molecular complexity index is 1050. The molecule has 1 heterocycles. The van der Waals surface area contributed by atoms with Gasteiger partial charge in [-0.1, -0.05) is 64.4 Å². The van der Waals surface area contributed by atoms with Gasteiger partial charge in [-0.25, -0.2) is 0 Å². The second-order valence-electron chi connectivity index (χ2n) is 12.7. The number of likely N-dealkylation sites (N-methyl/N-ethyl adjacent to an activating group) is 2. The Labute approximate surface area is 265 Å². The van der Waals surface area contributed by atoms with Gasteiger partial charge in [0.2, 0.25) is 5.91 Å². The van der Waals surface area contributed by atoms with E-state index in [-0.39, 0.29) is 18.2 Å². The van der Waals surface area contributed by atoms with Gasteiger partial charge in [-0.2, -0.15) is 0 Å². The number of carbonyl (C=O) groups is 3. The molecule has 0 spiro atoms. The summed E-state index contributed by atoms with van der Waals surface area (Å²) in [5.41, 5.74) is 5.15. The quantitative estimate of drug-likeness (QED) is 0.168. The molecule has 10 heteroatoms. The molecule has 250 valence electrons. The van der Waals surface area contributed by atoms with Crippen molar-refractivity contribution in [1.82, 2.24) is 15.1 Å². The van der Waals surface area contributed by atoms with Gasteiger partial charge in [-0.3, -0.25) is 20.2 Å². The summed E-state index contributed by atoms with van der Waals surface area (Å²) >= 11 is 0. The summed E-state index contributed by atoms with van der Waals surface area (Å²) in [7, 11) is 6.27. The lowest BCUT2D eigenvalue weighted by molar-refractivity contribution is -0.160. The van der Waals surface area contributed by atoms with Crippen LogP contribution in [0.5, 0.6) is 0 Å². The second-order valence-corrected chi connectivity index (χ2v) is 12.7. The third-order valence-corrected chi connectivity index (χ3v) is 10.5. The molecule has 10 nitrogen and oxygen atoms in total. The lowest BCUT2D eigenvalue weighted by Crippen LogP contribution is -2.66. The highest BCUT2D eigenvalue weighted by Crippen LogP contribution is 2.48. The van der Waals surface area contributed by atoms with E-state index in [0.29, 0.717) is 6.42 Å². The first-order valence-corrected chi connectivity index (χ1v) is 16.1. The highest BCUT2D eigenvalue weighted by Gasteiger charge is 2.55. The molecule has 0 bridgehead atoms. The molecule has 0 saturated carbocycles. The van der Waals surface area contributed by atoms with Crippen molar-refractivity contribution in [1.29, 1.82) is 0 Å². The number of amides is 2. The number of rotatable bonds is 18. The zero-order valence-corrected chi connectivity index (χ0v) is 28.4. The molecule has 1 aliphatic heterocycles. The Hall–Kier alpha value is -2.37. The van der Waals surface area contributed by atoms with Crippen LogP contribution in [0, 0.1) is 23.7 Å². The smallest absolute Gasteiger partial charge is 0.267 e. The number of aldehydes is 1. The van der Waals surface area contributed by atoms with Gasteiger partial charge >= 0.3 is 0 Å². The second kappa shape index (κ2) is 16.8. The molecule has 1 aromatic rings. The number of ether oxygens (including phenoxy) is 2. The normalized spacial score (nSPS) is 21.5. The van der Waals surface area contributed by atoms with Crippen molar-refractivity contribution in [2.45, 2.75) is 96.2 Å². The van der Waals surface area contributed by atoms with Crippen LogP contribution in [0.3, 0.4) is 0 Å². The van der Waals surface area contributed by atoms with Crippen LogP contribution in [0.1, 0.15) is 78.4 Å². The van der Waals surface area contributed by atoms with Crippen LogP contribution in [0.4, 0.5) is 0 Å². The Morgan fingerprint density at radius 2 is 1.70 bits per heavy atom. The van der Waals surface area contributed by atoms with E-state index in [4.69, 9.17) is 15.2 Å². The molecular weight excluding hydrogens is 560 g/mol. The van der Waals surface area contributed by atoms with Crippen molar-refractivity contribution in [3.63, 3.8) is 0 Å². The van der Waals surface area contributed by atoms with E-state index in [1.54, 1.807) is 19.1 Å². The number of nitrogens with two attached hydrogens (primary N) is 1. The Balaban J connectivity index is 2.61. The molecule has 1 aliphatic rings. The average molecular weight is 619 g/mol. The Morgan fingerprint density at radius 1 is 1.11 bits per heavy atom. The maximum absolute atomic E-state index is 14.1. The maximum atomic E-state index is 14.1. The number of aliphatic hydroxyl groups is 1. The lowest BCUT2D eigenvalue weighted by atomic mass is 9.62. The number of likely N-dealkylation sites (tertiary alicyclic amines) is 1. The van der Waals surface area contributed by atoms with E-state index < -0.39 is 53.2 Å². The first-order valence-electron chi connectivity index (χ1n) is 16.1. The van der Waals surface area contributed by atoms with Gasteiger partial charge in [-0.15, -0.1) is 0 Å². The Kier molecular flexibility index (Phi) is 14.4. The minimum Gasteiger partial charge on any atom is -0.386 e. The predicted molar refractivity (Wildman–Crippen MR) is 173 cm³/mol. The molecule has 4 N–H and O–H groups in total. The van der Waals surface area contributed by atoms with E-state index in [2.05, 4.69) is 24.1 Å². The largest absolute Gasteiger partial charge is 0.386 e. The van der Waals surface area contributed by atoms with Crippen LogP contribution in [-0.2, 0) is 23.9 Å². The van der Waals surface area contributed by atoms with Crippen molar-refractivity contribution in [2.75, 3.05) is 41.4 Å². The zero-order chi connectivity index (χ0) is 33.2. The minimum absolute atomic E-state index is 0.0651. The van der Waals surface area contributed by atoms with E-state index in [1.165, 1.54) is 14.2 Å². The summed E-state index contributed by atoms with van der Waals surface area (Å²) in [5.74, 6) is -2.01. The molecule has 0 aliphatic carbocycles. The molecule has 0 aromatic heterocycles. The zero-order valence-electron chi connectivity index (χ0n) is 28.4. The van der Waals surface area contributed by atoms with Crippen molar-refractivity contribution < 1.29 is 29.0 Å². The van der Waals surface area contributed by atoms with Crippen LogP contribution in [0.25, 0.3) is 0 Å². The number of carbonyl (C=O) groups excluding carboxylic acids is 3. The predicted octanol–water partition coefficient (Wildman–Crippen LogP) is 3.38. The monoisotopic (exact) mass is 618 g/mol. The van der Waals surface area contributed by atoms with Gasteiger partial charge < -0.3 is 29.6 Å². The van der Waals surface area contributed by atoms with Crippen molar-refractivity contribution in [3.05, 3.63) is 35.9 Å². The number of aliphatic hydroxyl groups excluding tert-OH is 1. The summed E-state index contributed by atoms with van der Waals surface area (Å²) < 4.78 is 11.9. The van der Waals surface area contributed by atoms with Gasteiger partial charge in [0, 0.05) is 52.1 Å². The fourth-order valence-corrected chi connectivity index (χ4v) is 7.48. The van der Waals surface area contributed by atoms with E-state index >= 15 is 0 Å². The fraction of sp³-hybridized carbons (Fsp3) is 0.735. The van der Waals surface area contributed by atoms with Crippen molar-refractivity contribution in [2.24, 2.45) is 29.4 Å². The summed E-state index contributed by atoms with van der Waals surface area (Å²) in [5, 5.41) is 13.7. The van der Waals surface area contributed by atoms with Crippen LogP contribution in [0.15, 0.2) is 30.3 Å². The Morgan fingerprint density at radius 3 is 2.18 bits per heavy atom. The summed E-state index contributed by atoms with van der Waals surface area (Å²) in [6.45, 7) is 11.5. The standard InChI is InChI=1S/C34H58N4O6/c1-10-23(2)33(38-19-14-15-20-38,22-24(3)34(35,44-9)32(42)36-6)28(18-21-39)30(43-8)25(4)31(41)37(7)26(5)29(40)27-16-12-11-13-17-27/h11-13,16-17,21,23-26,28-30,40H,10,14-15,18-20,22,35H2,1-9H3,(H,36,42)/t23?,24?,25?,26?,28?,29?,30?,33?,34-/m1/s1. The molecule has 1 aromatic carbocycles. The summed E-state index contributed by atoms with van der Waals surface area (Å²) in [6, 6.07) is 8.79.